The maximum atomic E-state index is 5.83. The summed E-state index contributed by atoms with van der Waals surface area (Å²) in [6.45, 7) is 7.42. The third-order valence-electron chi connectivity index (χ3n) is 4.35. The van der Waals surface area contributed by atoms with Crippen molar-refractivity contribution >= 4 is 0 Å². The molecular weight excluding hydrogens is 278 g/mol. The van der Waals surface area contributed by atoms with Crippen LogP contribution in [0.2, 0.25) is 0 Å². The van der Waals surface area contributed by atoms with E-state index in [-0.39, 0.29) is 0 Å². The molecule has 0 amide bonds. The van der Waals surface area contributed by atoms with Gasteiger partial charge in [0.05, 0.1) is 24.6 Å². The number of aromatic nitrogens is 2. The molecule has 3 heterocycles. The first kappa shape index (κ1) is 13.8. The van der Waals surface area contributed by atoms with E-state index in [0.29, 0.717) is 6.61 Å². The van der Waals surface area contributed by atoms with Gasteiger partial charge in [-0.2, -0.15) is 0 Å². The molecule has 0 spiro atoms. The summed E-state index contributed by atoms with van der Waals surface area (Å²) in [6, 6.07) is 6.32. The fraction of sp³-hybridized carbons (Fsp3) is 0.471. The Labute approximate surface area is 130 Å². The summed E-state index contributed by atoms with van der Waals surface area (Å²) < 4.78 is 13.4. The minimum atomic E-state index is 0.550. The fourth-order valence-electron chi connectivity index (χ4n) is 3.08. The van der Waals surface area contributed by atoms with Crippen molar-refractivity contribution in [1.82, 2.24) is 14.5 Å². The highest BCUT2D eigenvalue weighted by Crippen LogP contribution is 2.30. The predicted molar refractivity (Wildman–Crippen MR) is 83.6 cm³/mol. The smallest absolute Gasteiger partial charge is 0.151 e. The van der Waals surface area contributed by atoms with E-state index < -0.39 is 0 Å². The van der Waals surface area contributed by atoms with Crippen LogP contribution in [0.4, 0.5) is 0 Å². The van der Waals surface area contributed by atoms with E-state index in [0.717, 1.165) is 62.2 Å². The average Bonchev–Trinajstić information content (AvgIpc) is 2.97. The van der Waals surface area contributed by atoms with Gasteiger partial charge in [0.25, 0.3) is 0 Å². The third kappa shape index (κ3) is 2.62. The van der Waals surface area contributed by atoms with Gasteiger partial charge in [-0.1, -0.05) is 6.07 Å². The highest BCUT2D eigenvalue weighted by Gasteiger charge is 2.19. The molecule has 0 N–H and O–H groups in total. The van der Waals surface area contributed by atoms with Crippen LogP contribution in [-0.2, 0) is 17.8 Å². The van der Waals surface area contributed by atoms with Crippen LogP contribution in [0.15, 0.2) is 24.4 Å². The van der Waals surface area contributed by atoms with Crippen LogP contribution in [0, 0.1) is 6.92 Å². The topological polar surface area (TPSA) is 39.5 Å². The predicted octanol–water partition coefficient (Wildman–Crippen LogP) is 1.95. The Morgan fingerprint density at radius 2 is 2.09 bits per heavy atom. The van der Waals surface area contributed by atoms with E-state index >= 15 is 0 Å². The van der Waals surface area contributed by atoms with E-state index in [2.05, 4.69) is 40.8 Å². The van der Waals surface area contributed by atoms with Crippen LogP contribution < -0.4 is 4.74 Å². The van der Waals surface area contributed by atoms with Crippen molar-refractivity contribution in [3.63, 3.8) is 0 Å². The molecule has 22 heavy (non-hydrogen) atoms. The van der Waals surface area contributed by atoms with E-state index in [1.54, 1.807) is 0 Å². The van der Waals surface area contributed by atoms with Crippen LogP contribution in [0.3, 0.4) is 0 Å². The van der Waals surface area contributed by atoms with E-state index in [9.17, 15) is 0 Å². The molecule has 0 bridgehead atoms. The number of hydrogen-bond donors (Lipinski definition) is 0. The number of imidazole rings is 1. The maximum absolute atomic E-state index is 5.83. The molecule has 1 aromatic heterocycles. The molecular formula is C17H21N3O2. The van der Waals surface area contributed by atoms with Gasteiger partial charge >= 0.3 is 0 Å². The summed E-state index contributed by atoms with van der Waals surface area (Å²) in [5, 5.41) is 0. The molecule has 4 rings (SSSR count). The molecule has 2 aliphatic rings. The lowest BCUT2D eigenvalue weighted by Crippen LogP contribution is -2.37. The molecule has 5 nitrogen and oxygen atoms in total. The van der Waals surface area contributed by atoms with E-state index in [4.69, 9.17) is 14.5 Å². The van der Waals surface area contributed by atoms with Crippen LogP contribution in [-0.4, -0.2) is 47.3 Å². The summed E-state index contributed by atoms with van der Waals surface area (Å²) in [4.78, 5) is 7.18. The molecule has 2 aliphatic heterocycles. The van der Waals surface area contributed by atoms with Crippen molar-refractivity contribution in [2.24, 2.45) is 0 Å². The van der Waals surface area contributed by atoms with Crippen molar-refractivity contribution in [1.29, 1.82) is 0 Å². The number of nitrogens with zero attached hydrogens (tertiary/aromatic N) is 3. The molecule has 5 heteroatoms. The SMILES string of the molecule is Cc1ccc2c(c1)OCc1nc(CCN3CCOCC3)cn1-2. The van der Waals surface area contributed by atoms with Gasteiger partial charge in [0, 0.05) is 32.3 Å². The van der Waals surface area contributed by atoms with E-state index in [1.807, 2.05) is 0 Å². The number of fused-ring (bicyclic) bond motifs is 3. The zero-order valence-electron chi connectivity index (χ0n) is 12.9. The van der Waals surface area contributed by atoms with Crippen LogP contribution in [0.25, 0.3) is 5.69 Å². The number of rotatable bonds is 3. The second-order valence-corrected chi connectivity index (χ2v) is 5.98. The van der Waals surface area contributed by atoms with Crippen LogP contribution in [0.5, 0.6) is 5.75 Å². The first-order valence-corrected chi connectivity index (χ1v) is 7.91. The Bertz CT molecular complexity index is 675. The Morgan fingerprint density at radius 1 is 1.23 bits per heavy atom. The molecule has 0 unspecified atom stereocenters. The fourth-order valence-corrected chi connectivity index (χ4v) is 3.08. The lowest BCUT2D eigenvalue weighted by atomic mass is 10.2. The number of hydrogen-bond acceptors (Lipinski definition) is 4. The standard InChI is InChI=1S/C17H21N3O2/c1-13-2-3-15-16(10-13)22-12-17-18-14(11-20(15)17)4-5-19-6-8-21-9-7-19/h2-3,10-11H,4-9,12H2,1H3. The number of aryl methyl sites for hydroxylation is 1. The minimum absolute atomic E-state index is 0.550. The van der Waals surface area contributed by atoms with Crippen molar-refractivity contribution in [3.8, 4) is 11.4 Å². The summed E-state index contributed by atoms with van der Waals surface area (Å²) >= 11 is 0. The van der Waals surface area contributed by atoms with Crippen molar-refractivity contribution in [2.45, 2.75) is 20.0 Å². The average molecular weight is 299 g/mol. The number of morpholine rings is 1. The normalized spacial score (nSPS) is 17.7. The van der Waals surface area contributed by atoms with Crippen molar-refractivity contribution < 1.29 is 9.47 Å². The lowest BCUT2D eigenvalue weighted by molar-refractivity contribution is 0.0383. The van der Waals surface area contributed by atoms with Crippen molar-refractivity contribution in [2.75, 3.05) is 32.8 Å². The van der Waals surface area contributed by atoms with Gasteiger partial charge in [-0.25, -0.2) is 4.98 Å². The van der Waals surface area contributed by atoms with Gasteiger partial charge in [-0.3, -0.25) is 9.47 Å². The first-order chi connectivity index (χ1) is 10.8. The monoisotopic (exact) mass is 299 g/mol. The molecule has 0 atom stereocenters. The Kier molecular flexibility index (Phi) is 3.60. The Hall–Kier alpha value is -1.85. The largest absolute Gasteiger partial charge is 0.483 e. The second kappa shape index (κ2) is 5.74. The molecule has 116 valence electrons. The molecule has 1 fully saturated rings. The molecule has 2 aromatic rings. The van der Waals surface area contributed by atoms with Gasteiger partial charge in [0.15, 0.2) is 5.82 Å². The van der Waals surface area contributed by atoms with Crippen molar-refractivity contribution in [3.05, 3.63) is 41.5 Å². The van der Waals surface area contributed by atoms with Gasteiger partial charge in [-0.15, -0.1) is 0 Å². The summed E-state index contributed by atoms with van der Waals surface area (Å²) in [6.07, 6.45) is 3.13. The van der Waals surface area contributed by atoms with Gasteiger partial charge < -0.3 is 9.47 Å². The molecule has 1 aromatic carbocycles. The van der Waals surface area contributed by atoms with Gasteiger partial charge in [0.1, 0.15) is 12.4 Å². The van der Waals surface area contributed by atoms with Gasteiger partial charge in [-0.05, 0) is 24.6 Å². The molecule has 0 aliphatic carbocycles. The summed E-state index contributed by atoms with van der Waals surface area (Å²) in [7, 11) is 0. The summed E-state index contributed by atoms with van der Waals surface area (Å²) in [5.74, 6) is 1.94. The maximum Gasteiger partial charge on any atom is 0.151 e. The third-order valence-corrected chi connectivity index (χ3v) is 4.35. The first-order valence-electron chi connectivity index (χ1n) is 7.91. The highest BCUT2D eigenvalue weighted by molar-refractivity contribution is 5.51. The lowest BCUT2D eigenvalue weighted by Gasteiger charge is -2.26. The Balaban J connectivity index is 1.52. The van der Waals surface area contributed by atoms with Crippen LogP contribution >= 0.6 is 0 Å². The Morgan fingerprint density at radius 3 is 2.95 bits per heavy atom. The minimum Gasteiger partial charge on any atom is -0.483 e. The summed E-state index contributed by atoms with van der Waals surface area (Å²) in [5.41, 5.74) is 3.45. The van der Waals surface area contributed by atoms with E-state index in [1.165, 1.54) is 5.56 Å². The highest BCUT2D eigenvalue weighted by atomic mass is 16.5. The molecule has 0 radical (unpaired) electrons. The quantitative estimate of drug-likeness (QED) is 0.868. The second-order valence-electron chi connectivity index (χ2n) is 5.98. The zero-order valence-corrected chi connectivity index (χ0v) is 12.9. The molecule has 1 saturated heterocycles. The van der Waals surface area contributed by atoms with Gasteiger partial charge in [0.2, 0.25) is 0 Å². The zero-order chi connectivity index (χ0) is 14.9. The number of benzene rings is 1. The van der Waals surface area contributed by atoms with Crippen LogP contribution in [0.1, 0.15) is 17.1 Å². The number of ether oxygens (including phenoxy) is 2. The molecule has 0 saturated carbocycles.